The van der Waals surface area contributed by atoms with Gasteiger partial charge in [0.25, 0.3) is 0 Å². The van der Waals surface area contributed by atoms with E-state index < -0.39 is 0 Å². The monoisotopic (exact) mass is 384 g/mol. The molecular formula is C22H32N4O2. The Morgan fingerprint density at radius 3 is 2.64 bits per heavy atom. The molecule has 2 heterocycles. The highest BCUT2D eigenvalue weighted by Crippen LogP contribution is 2.24. The van der Waals surface area contributed by atoms with Crippen LogP contribution in [0.1, 0.15) is 36.8 Å². The number of nitrogens with zero attached hydrogens (tertiary/aromatic N) is 3. The van der Waals surface area contributed by atoms with Gasteiger partial charge in [-0.25, -0.2) is 0 Å². The third-order valence-electron chi connectivity index (χ3n) is 5.99. The van der Waals surface area contributed by atoms with E-state index in [1.807, 2.05) is 12.1 Å². The first-order valence-electron chi connectivity index (χ1n) is 10.4. The first-order chi connectivity index (χ1) is 13.7. The van der Waals surface area contributed by atoms with Crippen molar-refractivity contribution in [3.8, 4) is 6.07 Å². The van der Waals surface area contributed by atoms with Crippen molar-refractivity contribution >= 4 is 5.91 Å². The third-order valence-corrected chi connectivity index (χ3v) is 5.99. The highest BCUT2D eigenvalue weighted by atomic mass is 16.5. The van der Waals surface area contributed by atoms with Gasteiger partial charge in [0.2, 0.25) is 5.91 Å². The van der Waals surface area contributed by atoms with Gasteiger partial charge in [-0.3, -0.25) is 14.6 Å². The smallest absolute Gasteiger partial charge is 0.224 e. The van der Waals surface area contributed by atoms with E-state index in [1.54, 1.807) is 7.11 Å². The standard InChI is InChI=1S/C22H32N4O2/c1-28-14-10-24-22(27)20-3-2-11-26(17-20)21-8-12-25(13-9-21)16-19-6-4-18(15-23)5-7-19/h4-7,20-21H,2-3,8-14,16-17H2,1H3,(H,24,27)/t20-/m1/s1. The summed E-state index contributed by atoms with van der Waals surface area (Å²) in [5, 5.41) is 11.9. The van der Waals surface area contributed by atoms with Crippen LogP contribution in [0.5, 0.6) is 0 Å². The summed E-state index contributed by atoms with van der Waals surface area (Å²) in [6.45, 7) is 6.29. The van der Waals surface area contributed by atoms with Crippen molar-refractivity contribution in [3.63, 3.8) is 0 Å². The number of nitrogens with one attached hydrogen (secondary N) is 1. The lowest BCUT2D eigenvalue weighted by atomic mass is 9.93. The van der Waals surface area contributed by atoms with E-state index in [9.17, 15) is 4.79 Å². The third kappa shape index (κ3) is 5.78. The number of nitriles is 1. The fraction of sp³-hybridized carbons (Fsp3) is 0.636. The van der Waals surface area contributed by atoms with Crippen LogP contribution < -0.4 is 5.32 Å². The molecule has 1 aromatic rings. The lowest BCUT2D eigenvalue weighted by Crippen LogP contribution is -2.50. The average Bonchev–Trinajstić information content (AvgIpc) is 2.75. The Kier molecular flexibility index (Phi) is 7.84. The van der Waals surface area contributed by atoms with Crippen LogP contribution >= 0.6 is 0 Å². The predicted molar refractivity (Wildman–Crippen MR) is 109 cm³/mol. The number of methoxy groups -OCH3 is 1. The van der Waals surface area contributed by atoms with Crippen LogP contribution in [0.2, 0.25) is 0 Å². The quantitative estimate of drug-likeness (QED) is 0.728. The van der Waals surface area contributed by atoms with E-state index in [1.165, 1.54) is 5.56 Å². The van der Waals surface area contributed by atoms with Crippen LogP contribution in [0.15, 0.2) is 24.3 Å². The van der Waals surface area contributed by atoms with Crippen LogP contribution in [0, 0.1) is 17.2 Å². The predicted octanol–water partition coefficient (Wildman–Crippen LogP) is 2.00. The fourth-order valence-electron chi connectivity index (χ4n) is 4.36. The van der Waals surface area contributed by atoms with Gasteiger partial charge >= 0.3 is 0 Å². The number of benzene rings is 1. The second-order valence-corrected chi connectivity index (χ2v) is 7.93. The van der Waals surface area contributed by atoms with Gasteiger partial charge in [-0.2, -0.15) is 5.26 Å². The minimum Gasteiger partial charge on any atom is -0.383 e. The molecule has 2 aliphatic heterocycles. The lowest BCUT2D eigenvalue weighted by molar-refractivity contribution is -0.127. The van der Waals surface area contributed by atoms with Crippen molar-refractivity contribution in [3.05, 3.63) is 35.4 Å². The number of rotatable bonds is 7. The van der Waals surface area contributed by atoms with E-state index in [4.69, 9.17) is 10.00 Å². The largest absolute Gasteiger partial charge is 0.383 e. The summed E-state index contributed by atoms with van der Waals surface area (Å²) in [5.41, 5.74) is 1.98. The number of hydrogen-bond acceptors (Lipinski definition) is 5. The van der Waals surface area contributed by atoms with Crippen molar-refractivity contribution in [2.75, 3.05) is 46.4 Å². The van der Waals surface area contributed by atoms with Crippen molar-refractivity contribution in [2.45, 2.75) is 38.3 Å². The Bertz CT molecular complexity index is 662. The molecule has 0 radical (unpaired) electrons. The summed E-state index contributed by atoms with van der Waals surface area (Å²) >= 11 is 0. The zero-order valence-electron chi connectivity index (χ0n) is 16.9. The van der Waals surface area contributed by atoms with E-state index in [2.05, 4.69) is 33.3 Å². The molecule has 1 amide bonds. The number of amides is 1. The minimum atomic E-state index is 0.113. The summed E-state index contributed by atoms with van der Waals surface area (Å²) in [4.78, 5) is 17.4. The first-order valence-corrected chi connectivity index (χ1v) is 10.4. The van der Waals surface area contributed by atoms with E-state index in [-0.39, 0.29) is 11.8 Å². The molecule has 0 unspecified atom stereocenters. The zero-order valence-corrected chi connectivity index (χ0v) is 16.9. The number of hydrogen-bond donors (Lipinski definition) is 1. The van der Waals surface area contributed by atoms with Gasteiger partial charge < -0.3 is 10.1 Å². The molecule has 1 N–H and O–H groups in total. The Morgan fingerprint density at radius 2 is 1.96 bits per heavy atom. The maximum absolute atomic E-state index is 12.4. The Morgan fingerprint density at radius 1 is 1.21 bits per heavy atom. The van der Waals surface area contributed by atoms with Crippen LogP contribution in [0.25, 0.3) is 0 Å². The van der Waals surface area contributed by atoms with Crippen LogP contribution in [-0.2, 0) is 16.1 Å². The molecule has 6 nitrogen and oxygen atoms in total. The Hall–Kier alpha value is -1.94. The molecule has 2 saturated heterocycles. The second kappa shape index (κ2) is 10.6. The number of carbonyl (C=O) groups excluding carboxylic acids is 1. The average molecular weight is 385 g/mol. The van der Waals surface area contributed by atoms with E-state index in [0.717, 1.165) is 58.4 Å². The normalized spacial score (nSPS) is 21.9. The second-order valence-electron chi connectivity index (χ2n) is 7.93. The molecule has 0 saturated carbocycles. The Balaban J connectivity index is 1.43. The topological polar surface area (TPSA) is 68.6 Å². The molecule has 0 spiro atoms. The summed E-state index contributed by atoms with van der Waals surface area (Å²) in [6, 6.07) is 10.7. The van der Waals surface area contributed by atoms with Crippen LogP contribution in [0.3, 0.4) is 0 Å². The molecule has 1 aromatic carbocycles. The zero-order chi connectivity index (χ0) is 19.8. The minimum absolute atomic E-state index is 0.113. The van der Waals surface area contributed by atoms with Crippen LogP contribution in [0.4, 0.5) is 0 Å². The van der Waals surface area contributed by atoms with Crippen molar-refractivity contribution in [1.29, 1.82) is 5.26 Å². The summed E-state index contributed by atoms with van der Waals surface area (Å²) in [5.74, 6) is 0.294. The lowest BCUT2D eigenvalue weighted by Gasteiger charge is -2.42. The van der Waals surface area contributed by atoms with Gasteiger partial charge in [0.15, 0.2) is 0 Å². The Labute approximate surface area is 168 Å². The molecule has 0 bridgehead atoms. The molecule has 1 atom stereocenters. The number of piperidine rings is 2. The van der Waals surface area contributed by atoms with Gasteiger partial charge in [-0.15, -0.1) is 0 Å². The van der Waals surface area contributed by atoms with Gasteiger partial charge in [-0.05, 0) is 63.0 Å². The fourth-order valence-corrected chi connectivity index (χ4v) is 4.36. The molecule has 0 aliphatic carbocycles. The molecular weight excluding hydrogens is 352 g/mol. The number of carbonyl (C=O) groups is 1. The number of ether oxygens (including phenoxy) is 1. The van der Waals surface area contributed by atoms with Crippen molar-refractivity contribution in [1.82, 2.24) is 15.1 Å². The van der Waals surface area contributed by atoms with Gasteiger partial charge in [0, 0.05) is 32.8 Å². The SMILES string of the molecule is COCCNC(=O)[C@@H]1CCCN(C2CCN(Cc3ccc(C#N)cc3)CC2)C1. The summed E-state index contributed by atoms with van der Waals surface area (Å²) in [7, 11) is 1.65. The number of likely N-dealkylation sites (tertiary alicyclic amines) is 2. The van der Waals surface area contributed by atoms with Gasteiger partial charge in [0.1, 0.15) is 0 Å². The van der Waals surface area contributed by atoms with E-state index in [0.29, 0.717) is 24.8 Å². The molecule has 2 aliphatic rings. The summed E-state index contributed by atoms with van der Waals surface area (Å²) in [6.07, 6.45) is 4.42. The van der Waals surface area contributed by atoms with Crippen LogP contribution in [-0.4, -0.2) is 68.2 Å². The molecule has 2 fully saturated rings. The molecule has 0 aromatic heterocycles. The highest BCUT2D eigenvalue weighted by molar-refractivity contribution is 5.78. The maximum Gasteiger partial charge on any atom is 0.224 e. The van der Waals surface area contributed by atoms with Gasteiger partial charge in [-0.1, -0.05) is 12.1 Å². The van der Waals surface area contributed by atoms with Crippen molar-refractivity contribution < 1.29 is 9.53 Å². The highest BCUT2D eigenvalue weighted by Gasteiger charge is 2.31. The molecule has 6 heteroatoms. The van der Waals surface area contributed by atoms with Crippen molar-refractivity contribution in [2.24, 2.45) is 5.92 Å². The molecule has 3 rings (SSSR count). The van der Waals surface area contributed by atoms with E-state index >= 15 is 0 Å². The maximum atomic E-state index is 12.4. The summed E-state index contributed by atoms with van der Waals surface area (Å²) < 4.78 is 5.02. The molecule has 28 heavy (non-hydrogen) atoms. The first kappa shape index (κ1) is 20.8. The molecule has 152 valence electrons. The van der Waals surface area contributed by atoms with Gasteiger partial charge in [0.05, 0.1) is 24.2 Å².